The van der Waals surface area contributed by atoms with Gasteiger partial charge in [0.25, 0.3) is 0 Å². The van der Waals surface area contributed by atoms with Crippen LogP contribution in [0.25, 0.3) is 0 Å². The molecule has 0 saturated heterocycles. The standard InChI is InChI=1S/C16H21ClFN/c1-15(2)10-6-7-16(3,9-10)14(15)19-13-5-4-11(17)8-12(13)18/h4-5,8,10,14,19H,6-7,9H2,1-3H3. The molecule has 3 atom stereocenters. The van der Waals surface area contributed by atoms with Gasteiger partial charge in [-0.2, -0.15) is 0 Å². The molecule has 3 rings (SSSR count). The number of hydrogen-bond donors (Lipinski definition) is 1. The highest BCUT2D eigenvalue weighted by atomic mass is 35.5. The third-order valence-electron chi connectivity index (χ3n) is 5.50. The van der Waals surface area contributed by atoms with Crippen LogP contribution in [-0.2, 0) is 0 Å². The maximum Gasteiger partial charge on any atom is 0.147 e. The lowest BCUT2D eigenvalue weighted by Gasteiger charge is -2.43. The van der Waals surface area contributed by atoms with Crippen molar-refractivity contribution < 1.29 is 4.39 Å². The summed E-state index contributed by atoms with van der Waals surface area (Å²) in [6.45, 7) is 6.97. The number of rotatable bonds is 2. The Morgan fingerprint density at radius 2 is 2.05 bits per heavy atom. The highest BCUT2D eigenvalue weighted by Gasteiger charge is 2.59. The number of hydrogen-bond acceptors (Lipinski definition) is 1. The molecule has 0 spiro atoms. The Morgan fingerprint density at radius 3 is 2.63 bits per heavy atom. The Labute approximate surface area is 119 Å². The zero-order valence-corrected chi connectivity index (χ0v) is 12.5. The van der Waals surface area contributed by atoms with E-state index < -0.39 is 0 Å². The summed E-state index contributed by atoms with van der Waals surface area (Å²) in [7, 11) is 0. The quantitative estimate of drug-likeness (QED) is 0.795. The molecule has 2 bridgehead atoms. The summed E-state index contributed by atoms with van der Waals surface area (Å²) in [5.74, 6) is 0.500. The minimum Gasteiger partial charge on any atom is -0.379 e. The average Bonchev–Trinajstić information content (AvgIpc) is 2.78. The van der Waals surface area contributed by atoms with Crippen LogP contribution < -0.4 is 5.32 Å². The molecule has 1 N–H and O–H groups in total. The summed E-state index contributed by atoms with van der Waals surface area (Å²) in [4.78, 5) is 0. The van der Waals surface area contributed by atoms with E-state index in [1.807, 2.05) is 0 Å². The molecule has 104 valence electrons. The van der Waals surface area contributed by atoms with Gasteiger partial charge in [-0.1, -0.05) is 32.4 Å². The van der Waals surface area contributed by atoms with Gasteiger partial charge in [0.05, 0.1) is 5.69 Å². The maximum absolute atomic E-state index is 14.0. The van der Waals surface area contributed by atoms with Crippen LogP contribution in [0.2, 0.25) is 5.02 Å². The van der Waals surface area contributed by atoms with E-state index in [0.29, 0.717) is 22.2 Å². The summed E-state index contributed by atoms with van der Waals surface area (Å²) < 4.78 is 14.0. The number of nitrogens with one attached hydrogen (secondary N) is 1. The fourth-order valence-corrected chi connectivity index (χ4v) is 4.58. The van der Waals surface area contributed by atoms with E-state index in [2.05, 4.69) is 26.1 Å². The van der Waals surface area contributed by atoms with Crippen LogP contribution in [0.15, 0.2) is 18.2 Å². The van der Waals surface area contributed by atoms with E-state index in [1.54, 1.807) is 12.1 Å². The van der Waals surface area contributed by atoms with E-state index in [9.17, 15) is 4.39 Å². The first-order valence-corrected chi connectivity index (χ1v) is 7.42. The SMILES string of the molecule is CC12CCC(C1)C(C)(C)C2Nc1ccc(Cl)cc1F. The summed E-state index contributed by atoms with van der Waals surface area (Å²) in [5, 5.41) is 3.91. The van der Waals surface area contributed by atoms with Gasteiger partial charge in [0, 0.05) is 11.1 Å². The average molecular weight is 282 g/mol. The van der Waals surface area contributed by atoms with Crippen molar-refractivity contribution in [3.8, 4) is 0 Å². The monoisotopic (exact) mass is 281 g/mol. The van der Waals surface area contributed by atoms with Gasteiger partial charge in [0.15, 0.2) is 0 Å². The predicted octanol–water partition coefficient (Wildman–Crippen LogP) is 5.11. The molecular weight excluding hydrogens is 261 g/mol. The van der Waals surface area contributed by atoms with Crippen LogP contribution in [-0.4, -0.2) is 6.04 Å². The molecule has 2 aliphatic rings. The number of anilines is 1. The van der Waals surface area contributed by atoms with Crippen LogP contribution in [0.3, 0.4) is 0 Å². The van der Waals surface area contributed by atoms with E-state index in [1.165, 1.54) is 25.3 Å². The molecule has 0 radical (unpaired) electrons. The van der Waals surface area contributed by atoms with Crippen LogP contribution in [0.1, 0.15) is 40.0 Å². The highest BCUT2D eigenvalue weighted by molar-refractivity contribution is 6.30. The van der Waals surface area contributed by atoms with Crippen molar-refractivity contribution in [2.45, 2.75) is 46.1 Å². The Hall–Kier alpha value is -0.760. The molecule has 1 aromatic rings. The zero-order chi connectivity index (χ0) is 13.8. The van der Waals surface area contributed by atoms with Crippen molar-refractivity contribution in [3.63, 3.8) is 0 Å². The van der Waals surface area contributed by atoms with Crippen molar-refractivity contribution in [2.75, 3.05) is 5.32 Å². The fourth-order valence-electron chi connectivity index (χ4n) is 4.42. The second kappa shape index (κ2) is 4.12. The van der Waals surface area contributed by atoms with Crippen molar-refractivity contribution >= 4 is 17.3 Å². The molecule has 1 nitrogen and oxygen atoms in total. The molecule has 0 aromatic heterocycles. The van der Waals surface area contributed by atoms with E-state index in [0.717, 1.165) is 5.92 Å². The lowest BCUT2D eigenvalue weighted by molar-refractivity contribution is 0.155. The third kappa shape index (κ3) is 1.96. The Balaban J connectivity index is 1.90. The second-order valence-electron chi connectivity index (χ2n) is 7.12. The molecule has 19 heavy (non-hydrogen) atoms. The lowest BCUT2D eigenvalue weighted by Crippen LogP contribution is -2.45. The van der Waals surface area contributed by atoms with Crippen LogP contribution in [0.4, 0.5) is 10.1 Å². The van der Waals surface area contributed by atoms with Gasteiger partial charge in [-0.25, -0.2) is 4.39 Å². The van der Waals surface area contributed by atoms with Gasteiger partial charge in [-0.15, -0.1) is 0 Å². The number of benzene rings is 1. The molecular formula is C16H21ClFN. The lowest BCUT2D eigenvalue weighted by atomic mass is 9.68. The van der Waals surface area contributed by atoms with Gasteiger partial charge >= 0.3 is 0 Å². The number of fused-ring (bicyclic) bond motifs is 2. The Morgan fingerprint density at radius 1 is 1.32 bits per heavy atom. The van der Waals surface area contributed by atoms with E-state index >= 15 is 0 Å². The molecule has 0 aliphatic heterocycles. The van der Waals surface area contributed by atoms with Crippen LogP contribution >= 0.6 is 11.6 Å². The fraction of sp³-hybridized carbons (Fsp3) is 0.625. The molecule has 3 heteroatoms. The largest absolute Gasteiger partial charge is 0.379 e. The topological polar surface area (TPSA) is 12.0 Å². The molecule has 2 aliphatic carbocycles. The Kier molecular flexibility index (Phi) is 2.87. The van der Waals surface area contributed by atoms with Gasteiger partial charge in [0.2, 0.25) is 0 Å². The van der Waals surface area contributed by atoms with Crippen LogP contribution in [0, 0.1) is 22.6 Å². The van der Waals surface area contributed by atoms with E-state index in [4.69, 9.17) is 11.6 Å². The summed E-state index contributed by atoms with van der Waals surface area (Å²) in [6.07, 6.45) is 3.81. The summed E-state index contributed by atoms with van der Waals surface area (Å²) in [5.41, 5.74) is 1.09. The van der Waals surface area contributed by atoms with Crippen molar-refractivity contribution in [2.24, 2.45) is 16.7 Å². The smallest absolute Gasteiger partial charge is 0.147 e. The minimum absolute atomic E-state index is 0.221. The normalized spacial score (nSPS) is 35.6. The molecule has 3 unspecified atom stereocenters. The molecule has 2 fully saturated rings. The Bertz CT molecular complexity index is 509. The molecule has 2 saturated carbocycles. The predicted molar refractivity (Wildman–Crippen MR) is 78.0 cm³/mol. The van der Waals surface area contributed by atoms with Gasteiger partial charge in [0.1, 0.15) is 5.82 Å². The zero-order valence-electron chi connectivity index (χ0n) is 11.8. The first-order chi connectivity index (χ1) is 8.83. The van der Waals surface area contributed by atoms with Crippen molar-refractivity contribution in [3.05, 3.63) is 29.0 Å². The van der Waals surface area contributed by atoms with Crippen LogP contribution in [0.5, 0.6) is 0 Å². The molecule has 0 heterocycles. The molecule has 0 amide bonds. The minimum atomic E-state index is -0.255. The van der Waals surface area contributed by atoms with Gasteiger partial charge < -0.3 is 5.32 Å². The maximum atomic E-state index is 14.0. The first kappa shape index (κ1) is 13.2. The van der Waals surface area contributed by atoms with E-state index in [-0.39, 0.29) is 11.2 Å². The first-order valence-electron chi connectivity index (χ1n) is 7.04. The number of halogens is 2. The summed E-state index contributed by atoms with van der Waals surface area (Å²) in [6, 6.07) is 5.21. The van der Waals surface area contributed by atoms with Gasteiger partial charge in [-0.3, -0.25) is 0 Å². The van der Waals surface area contributed by atoms with Crippen molar-refractivity contribution in [1.29, 1.82) is 0 Å². The van der Waals surface area contributed by atoms with Crippen molar-refractivity contribution in [1.82, 2.24) is 0 Å². The summed E-state index contributed by atoms with van der Waals surface area (Å²) >= 11 is 5.81. The molecule has 1 aromatic carbocycles. The second-order valence-corrected chi connectivity index (χ2v) is 7.55. The highest BCUT2D eigenvalue weighted by Crippen LogP contribution is 2.63. The van der Waals surface area contributed by atoms with Gasteiger partial charge in [-0.05, 0) is 54.2 Å². The third-order valence-corrected chi connectivity index (χ3v) is 5.74.